The maximum Gasteiger partial charge on any atom is 0.128 e. The molecule has 0 heterocycles. The summed E-state index contributed by atoms with van der Waals surface area (Å²) in [5.74, 6) is -0.281. The van der Waals surface area contributed by atoms with Crippen molar-refractivity contribution in [2.45, 2.75) is 12.5 Å². The fraction of sp³-hybridized carbons (Fsp3) is 0.250. The Morgan fingerprint density at radius 3 is 2.24 bits per heavy atom. The van der Waals surface area contributed by atoms with E-state index in [0.29, 0.717) is 22.6 Å². The predicted molar refractivity (Wildman–Crippen MR) is 74.6 cm³/mol. The Hall–Kier alpha value is -2.14. The molecule has 0 aliphatic heterocycles. The van der Waals surface area contributed by atoms with E-state index in [-0.39, 0.29) is 6.42 Å². The number of methoxy groups -OCH3 is 2. The number of ether oxygens (including phenoxy) is 2. The van der Waals surface area contributed by atoms with Crippen LogP contribution in [-0.4, -0.2) is 19.3 Å². The highest BCUT2D eigenvalue weighted by molar-refractivity contribution is 5.42. The molecule has 0 aromatic heterocycles. The van der Waals surface area contributed by atoms with Gasteiger partial charge < -0.3 is 14.6 Å². The Kier molecular flexibility index (Phi) is 4.75. The summed E-state index contributed by atoms with van der Waals surface area (Å²) < 4.78 is 36.6. The van der Waals surface area contributed by atoms with E-state index >= 15 is 0 Å². The monoisotopic (exact) mass is 294 g/mol. The third-order valence-corrected chi connectivity index (χ3v) is 3.15. The van der Waals surface area contributed by atoms with Gasteiger partial charge in [-0.05, 0) is 29.8 Å². The van der Waals surface area contributed by atoms with Crippen molar-refractivity contribution < 1.29 is 23.4 Å². The lowest BCUT2D eigenvalue weighted by Gasteiger charge is -2.16. The molecule has 21 heavy (non-hydrogen) atoms. The normalized spacial score (nSPS) is 12.0. The molecule has 0 saturated carbocycles. The second-order valence-corrected chi connectivity index (χ2v) is 4.61. The number of hydrogen-bond donors (Lipinski definition) is 1. The quantitative estimate of drug-likeness (QED) is 0.920. The molecule has 2 aromatic carbocycles. The summed E-state index contributed by atoms with van der Waals surface area (Å²) in [6.07, 6.45) is -0.857. The zero-order valence-corrected chi connectivity index (χ0v) is 11.8. The third-order valence-electron chi connectivity index (χ3n) is 3.15. The standard InChI is InChI=1S/C16H16F2O3/c1-20-13-3-4-14(16(9-13)21-2)15(19)7-10-5-11(17)8-12(18)6-10/h3-6,8-9,15,19H,7H2,1-2H3. The summed E-state index contributed by atoms with van der Waals surface area (Å²) in [6.45, 7) is 0. The van der Waals surface area contributed by atoms with E-state index in [1.54, 1.807) is 18.2 Å². The minimum atomic E-state index is -0.938. The Labute approximate surface area is 121 Å². The van der Waals surface area contributed by atoms with Gasteiger partial charge in [0.2, 0.25) is 0 Å². The molecule has 0 saturated heterocycles. The average molecular weight is 294 g/mol. The molecule has 3 nitrogen and oxygen atoms in total. The predicted octanol–water partition coefficient (Wildman–Crippen LogP) is 3.26. The molecule has 0 radical (unpaired) electrons. The summed E-state index contributed by atoms with van der Waals surface area (Å²) in [4.78, 5) is 0. The van der Waals surface area contributed by atoms with Crippen LogP contribution in [0.15, 0.2) is 36.4 Å². The van der Waals surface area contributed by atoms with Crippen LogP contribution in [0.5, 0.6) is 11.5 Å². The van der Waals surface area contributed by atoms with E-state index in [9.17, 15) is 13.9 Å². The van der Waals surface area contributed by atoms with Gasteiger partial charge in [-0.15, -0.1) is 0 Å². The van der Waals surface area contributed by atoms with Gasteiger partial charge in [0.15, 0.2) is 0 Å². The van der Waals surface area contributed by atoms with Gasteiger partial charge in [-0.2, -0.15) is 0 Å². The van der Waals surface area contributed by atoms with Crippen LogP contribution in [-0.2, 0) is 6.42 Å². The molecule has 2 rings (SSSR count). The molecule has 112 valence electrons. The van der Waals surface area contributed by atoms with Gasteiger partial charge >= 0.3 is 0 Å². The number of hydrogen-bond acceptors (Lipinski definition) is 3. The third kappa shape index (κ3) is 3.70. The van der Waals surface area contributed by atoms with Crippen LogP contribution in [0.2, 0.25) is 0 Å². The summed E-state index contributed by atoms with van der Waals surface area (Å²) in [5.41, 5.74) is 0.904. The number of halogens is 2. The number of rotatable bonds is 5. The lowest BCUT2D eigenvalue weighted by molar-refractivity contribution is 0.173. The maximum atomic E-state index is 13.2. The van der Waals surface area contributed by atoms with Crippen molar-refractivity contribution in [2.24, 2.45) is 0 Å². The van der Waals surface area contributed by atoms with Crippen molar-refractivity contribution in [3.05, 3.63) is 59.2 Å². The SMILES string of the molecule is COc1ccc(C(O)Cc2cc(F)cc(F)c2)c(OC)c1. The zero-order chi connectivity index (χ0) is 15.4. The summed E-state index contributed by atoms with van der Waals surface area (Å²) in [7, 11) is 3.01. The minimum absolute atomic E-state index is 0.0807. The first kappa shape index (κ1) is 15.3. The van der Waals surface area contributed by atoms with Gasteiger partial charge in [-0.25, -0.2) is 8.78 Å². The summed E-state index contributed by atoms with van der Waals surface area (Å²) in [5, 5.41) is 10.3. The molecule has 0 aliphatic carbocycles. The summed E-state index contributed by atoms with van der Waals surface area (Å²) >= 11 is 0. The molecule has 1 atom stereocenters. The van der Waals surface area contributed by atoms with Gasteiger partial charge in [0.25, 0.3) is 0 Å². The second-order valence-electron chi connectivity index (χ2n) is 4.61. The van der Waals surface area contributed by atoms with Crippen LogP contribution in [0, 0.1) is 11.6 Å². The molecule has 0 bridgehead atoms. The van der Waals surface area contributed by atoms with Crippen molar-refractivity contribution in [1.29, 1.82) is 0 Å². The van der Waals surface area contributed by atoms with E-state index in [4.69, 9.17) is 9.47 Å². The van der Waals surface area contributed by atoms with Crippen molar-refractivity contribution >= 4 is 0 Å². The van der Waals surface area contributed by atoms with Crippen LogP contribution in [0.1, 0.15) is 17.2 Å². The first-order valence-corrected chi connectivity index (χ1v) is 6.38. The highest BCUT2D eigenvalue weighted by Crippen LogP contribution is 2.31. The van der Waals surface area contributed by atoms with E-state index in [0.717, 1.165) is 6.07 Å². The largest absolute Gasteiger partial charge is 0.497 e. The van der Waals surface area contributed by atoms with E-state index in [2.05, 4.69) is 0 Å². The highest BCUT2D eigenvalue weighted by Gasteiger charge is 2.15. The summed E-state index contributed by atoms with van der Waals surface area (Å²) in [6, 6.07) is 8.18. The lowest BCUT2D eigenvalue weighted by atomic mass is 10.00. The zero-order valence-electron chi connectivity index (χ0n) is 11.8. The molecule has 0 spiro atoms. The Balaban J connectivity index is 2.25. The van der Waals surface area contributed by atoms with Crippen LogP contribution in [0.3, 0.4) is 0 Å². The van der Waals surface area contributed by atoms with Crippen molar-refractivity contribution in [1.82, 2.24) is 0 Å². The number of aliphatic hydroxyl groups is 1. The van der Waals surface area contributed by atoms with Gasteiger partial charge in [0, 0.05) is 24.1 Å². The van der Waals surface area contributed by atoms with Gasteiger partial charge in [-0.3, -0.25) is 0 Å². The second kappa shape index (κ2) is 6.54. The van der Waals surface area contributed by atoms with Crippen LogP contribution in [0.4, 0.5) is 8.78 Å². The Bertz CT molecular complexity index is 609. The first-order chi connectivity index (χ1) is 10.0. The molecular formula is C16H16F2O3. The van der Waals surface area contributed by atoms with E-state index in [1.165, 1.54) is 26.4 Å². The smallest absolute Gasteiger partial charge is 0.128 e. The molecular weight excluding hydrogens is 278 g/mol. The van der Waals surface area contributed by atoms with Crippen LogP contribution in [0.25, 0.3) is 0 Å². The van der Waals surface area contributed by atoms with Gasteiger partial charge in [-0.1, -0.05) is 0 Å². The van der Waals surface area contributed by atoms with Crippen LogP contribution < -0.4 is 9.47 Å². The molecule has 0 aliphatic rings. The topological polar surface area (TPSA) is 38.7 Å². The van der Waals surface area contributed by atoms with Crippen molar-refractivity contribution in [3.8, 4) is 11.5 Å². The fourth-order valence-electron chi connectivity index (χ4n) is 2.16. The maximum absolute atomic E-state index is 13.2. The lowest BCUT2D eigenvalue weighted by Crippen LogP contribution is -2.05. The van der Waals surface area contributed by atoms with E-state index in [1.807, 2.05) is 0 Å². The molecule has 1 unspecified atom stereocenters. The molecule has 0 amide bonds. The van der Waals surface area contributed by atoms with Gasteiger partial charge in [0.1, 0.15) is 23.1 Å². The Morgan fingerprint density at radius 2 is 1.67 bits per heavy atom. The highest BCUT2D eigenvalue weighted by atomic mass is 19.1. The van der Waals surface area contributed by atoms with Crippen molar-refractivity contribution in [3.63, 3.8) is 0 Å². The van der Waals surface area contributed by atoms with Gasteiger partial charge in [0.05, 0.1) is 20.3 Å². The molecule has 5 heteroatoms. The fourth-order valence-corrected chi connectivity index (χ4v) is 2.16. The molecule has 0 fully saturated rings. The molecule has 1 N–H and O–H groups in total. The molecule has 2 aromatic rings. The van der Waals surface area contributed by atoms with Crippen molar-refractivity contribution in [2.75, 3.05) is 14.2 Å². The Morgan fingerprint density at radius 1 is 1.00 bits per heavy atom. The van der Waals surface area contributed by atoms with E-state index < -0.39 is 17.7 Å². The first-order valence-electron chi connectivity index (χ1n) is 6.38. The minimum Gasteiger partial charge on any atom is -0.497 e. The average Bonchev–Trinajstić information content (AvgIpc) is 2.45. The van der Waals surface area contributed by atoms with Crippen LogP contribution >= 0.6 is 0 Å². The number of aliphatic hydroxyl groups excluding tert-OH is 1. The number of benzene rings is 2.